The number of aromatic amines is 2. The second-order valence-corrected chi connectivity index (χ2v) is 6.05. The molecule has 0 unspecified atom stereocenters. The molecule has 0 aromatic carbocycles. The predicted octanol–water partition coefficient (Wildman–Crippen LogP) is 4.23. The SMILES string of the molecule is C=C/C=C\c1nc(-c2n[nH]c3ccc(-c4cnccc4C)nc23)[nH]c1C. The molecule has 6 nitrogen and oxygen atoms in total. The zero-order valence-electron chi connectivity index (χ0n) is 14.6. The lowest BCUT2D eigenvalue weighted by Crippen LogP contribution is -1.90. The van der Waals surface area contributed by atoms with Gasteiger partial charge in [0.2, 0.25) is 0 Å². The topological polar surface area (TPSA) is 83.1 Å². The maximum absolute atomic E-state index is 4.82. The van der Waals surface area contributed by atoms with Gasteiger partial charge in [-0.3, -0.25) is 10.1 Å². The minimum Gasteiger partial charge on any atom is -0.340 e. The van der Waals surface area contributed by atoms with E-state index in [2.05, 4.69) is 31.7 Å². The van der Waals surface area contributed by atoms with Gasteiger partial charge >= 0.3 is 0 Å². The molecule has 6 heteroatoms. The summed E-state index contributed by atoms with van der Waals surface area (Å²) in [7, 11) is 0. The number of imidazole rings is 1. The Labute approximate surface area is 150 Å². The fourth-order valence-corrected chi connectivity index (χ4v) is 2.85. The molecule has 4 aromatic rings. The lowest BCUT2D eigenvalue weighted by molar-refractivity contribution is 1.10. The molecule has 0 bridgehead atoms. The van der Waals surface area contributed by atoms with Crippen molar-refractivity contribution in [2.45, 2.75) is 13.8 Å². The Balaban J connectivity index is 1.84. The summed E-state index contributed by atoms with van der Waals surface area (Å²) in [6.45, 7) is 7.72. The first-order valence-electron chi connectivity index (χ1n) is 8.29. The molecular formula is C20H18N6. The molecule has 2 N–H and O–H groups in total. The van der Waals surface area contributed by atoms with Gasteiger partial charge in [-0.1, -0.05) is 18.7 Å². The predicted molar refractivity (Wildman–Crippen MR) is 103 cm³/mol. The van der Waals surface area contributed by atoms with Gasteiger partial charge in [0.15, 0.2) is 11.5 Å². The van der Waals surface area contributed by atoms with Crippen LogP contribution < -0.4 is 0 Å². The van der Waals surface area contributed by atoms with Crippen molar-refractivity contribution in [2.75, 3.05) is 0 Å². The van der Waals surface area contributed by atoms with E-state index in [0.29, 0.717) is 11.5 Å². The third kappa shape index (κ3) is 2.71. The molecule has 0 aliphatic heterocycles. The second kappa shape index (κ2) is 6.40. The first kappa shape index (κ1) is 16.0. The van der Waals surface area contributed by atoms with Crippen LogP contribution in [0.15, 0.2) is 49.3 Å². The number of hydrogen-bond acceptors (Lipinski definition) is 4. The Morgan fingerprint density at radius 2 is 2.00 bits per heavy atom. The Hall–Kier alpha value is -3.54. The molecule has 0 radical (unpaired) electrons. The lowest BCUT2D eigenvalue weighted by atomic mass is 10.1. The molecule has 4 aromatic heterocycles. The maximum atomic E-state index is 4.82. The highest BCUT2D eigenvalue weighted by Crippen LogP contribution is 2.28. The zero-order chi connectivity index (χ0) is 18.1. The molecule has 0 amide bonds. The highest BCUT2D eigenvalue weighted by Gasteiger charge is 2.16. The van der Waals surface area contributed by atoms with E-state index in [-0.39, 0.29) is 0 Å². The molecule has 0 fully saturated rings. The number of aromatic nitrogens is 6. The molecular weight excluding hydrogens is 324 g/mol. The Kier molecular flexibility index (Phi) is 3.93. The van der Waals surface area contributed by atoms with E-state index < -0.39 is 0 Å². The smallest absolute Gasteiger partial charge is 0.161 e. The van der Waals surface area contributed by atoms with Crippen LogP contribution >= 0.6 is 0 Å². The number of nitrogens with zero attached hydrogens (tertiary/aromatic N) is 4. The summed E-state index contributed by atoms with van der Waals surface area (Å²) in [5.74, 6) is 0.685. The van der Waals surface area contributed by atoms with Gasteiger partial charge in [0.25, 0.3) is 0 Å². The molecule has 4 heterocycles. The van der Waals surface area contributed by atoms with E-state index in [4.69, 9.17) is 4.98 Å². The highest BCUT2D eigenvalue weighted by molar-refractivity contribution is 5.89. The highest BCUT2D eigenvalue weighted by atomic mass is 15.1. The van der Waals surface area contributed by atoms with E-state index >= 15 is 0 Å². The maximum Gasteiger partial charge on any atom is 0.161 e. The van der Waals surface area contributed by atoms with Gasteiger partial charge in [0, 0.05) is 23.7 Å². The van der Waals surface area contributed by atoms with E-state index in [1.807, 2.05) is 50.4 Å². The molecule has 0 aliphatic carbocycles. The fourth-order valence-electron chi connectivity index (χ4n) is 2.85. The van der Waals surface area contributed by atoms with E-state index in [1.165, 1.54) is 0 Å². The van der Waals surface area contributed by atoms with Gasteiger partial charge in [0.05, 0.1) is 16.9 Å². The number of allylic oxidation sites excluding steroid dienone is 2. The summed E-state index contributed by atoms with van der Waals surface area (Å²) in [6.07, 6.45) is 9.11. The lowest BCUT2D eigenvalue weighted by Gasteiger charge is -2.04. The monoisotopic (exact) mass is 342 g/mol. The number of pyridine rings is 2. The number of rotatable bonds is 4. The first-order valence-corrected chi connectivity index (χ1v) is 8.29. The molecule has 4 rings (SSSR count). The molecule has 0 spiro atoms. The number of aryl methyl sites for hydroxylation is 2. The molecule has 0 saturated heterocycles. The zero-order valence-corrected chi connectivity index (χ0v) is 14.6. The van der Waals surface area contributed by atoms with Crippen LogP contribution in [0.1, 0.15) is 17.0 Å². The molecule has 128 valence electrons. The molecule has 0 atom stereocenters. The minimum atomic E-state index is 0.685. The largest absolute Gasteiger partial charge is 0.340 e. The number of H-pyrrole nitrogens is 2. The minimum absolute atomic E-state index is 0.685. The van der Waals surface area contributed by atoms with Crippen molar-refractivity contribution in [3.63, 3.8) is 0 Å². The van der Waals surface area contributed by atoms with Crippen molar-refractivity contribution < 1.29 is 0 Å². The van der Waals surface area contributed by atoms with E-state index in [9.17, 15) is 0 Å². The Bertz CT molecular complexity index is 1130. The molecule has 0 aliphatic rings. The average Bonchev–Trinajstić information content (AvgIpc) is 3.23. The van der Waals surface area contributed by atoms with Gasteiger partial charge in [0.1, 0.15) is 5.52 Å². The Morgan fingerprint density at radius 1 is 1.12 bits per heavy atom. The van der Waals surface area contributed by atoms with E-state index in [1.54, 1.807) is 12.3 Å². The third-order valence-electron chi connectivity index (χ3n) is 4.26. The summed E-state index contributed by atoms with van der Waals surface area (Å²) in [5, 5.41) is 7.45. The summed E-state index contributed by atoms with van der Waals surface area (Å²) >= 11 is 0. The normalized spacial score (nSPS) is 11.5. The van der Waals surface area contributed by atoms with Crippen molar-refractivity contribution in [1.29, 1.82) is 0 Å². The summed E-state index contributed by atoms with van der Waals surface area (Å²) < 4.78 is 0. The van der Waals surface area contributed by atoms with Crippen molar-refractivity contribution in [2.24, 2.45) is 0 Å². The molecule has 26 heavy (non-hydrogen) atoms. The van der Waals surface area contributed by atoms with Crippen LogP contribution in [0.5, 0.6) is 0 Å². The van der Waals surface area contributed by atoms with Crippen LogP contribution in [0.25, 0.3) is 39.9 Å². The van der Waals surface area contributed by atoms with Gasteiger partial charge < -0.3 is 4.98 Å². The average molecular weight is 342 g/mol. The fraction of sp³-hybridized carbons (Fsp3) is 0.100. The summed E-state index contributed by atoms with van der Waals surface area (Å²) in [6, 6.07) is 5.93. The van der Waals surface area contributed by atoms with Crippen LogP contribution in [-0.4, -0.2) is 30.1 Å². The van der Waals surface area contributed by atoms with Gasteiger partial charge in [-0.2, -0.15) is 5.10 Å². The molecule has 0 saturated carbocycles. The summed E-state index contributed by atoms with van der Waals surface area (Å²) in [5.41, 5.74) is 7.16. The van der Waals surface area contributed by atoms with Crippen molar-refractivity contribution in [3.05, 3.63) is 66.3 Å². The first-order chi connectivity index (χ1) is 12.7. The summed E-state index contributed by atoms with van der Waals surface area (Å²) in [4.78, 5) is 17.0. The second-order valence-electron chi connectivity index (χ2n) is 6.05. The van der Waals surface area contributed by atoms with Crippen LogP contribution in [-0.2, 0) is 0 Å². The van der Waals surface area contributed by atoms with Crippen LogP contribution in [0.2, 0.25) is 0 Å². The van der Waals surface area contributed by atoms with Crippen molar-refractivity contribution in [1.82, 2.24) is 30.1 Å². The number of hydrogen-bond donors (Lipinski definition) is 2. The third-order valence-corrected chi connectivity index (χ3v) is 4.26. The van der Waals surface area contributed by atoms with Crippen molar-refractivity contribution in [3.8, 4) is 22.8 Å². The van der Waals surface area contributed by atoms with Gasteiger partial charge in [-0.15, -0.1) is 0 Å². The van der Waals surface area contributed by atoms with Crippen LogP contribution in [0.3, 0.4) is 0 Å². The Morgan fingerprint density at radius 3 is 2.81 bits per heavy atom. The standard InChI is InChI=1S/C20H18N6/c1-4-5-6-15-13(3)22-20(24-15)19-18-17(25-26-19)8-7-16(23-18)14-11-21-10-9-12(14)2/h4-11H,1H2,2-3H3,(H,22,24)(H,25,26)/b6-5-. The van der Waals surface area contributed by atoms with Crippen LogP contribution in [0, 0.1) is 13.8 Å². The quantitative estimate of drug-likeness (QED) is 0.544. The van der Waals surface area contributed by atoms with Crippen molar-refractivity contribution >= 4 is 17.1 Å². The number of fused-ring (bicyclic) bond motifs is 1. The number of nitrogens with one attached hydrogen (secondary N) is 2. The van der Waals surface area contributed by atoms with Crippen LogP contribution in [0.4, 0.5) is 0 Å². The van der Waals surface area contributed by atoms with E-state index in [0.717, 1.165) is 39.2 Å². The van der Waals surface area contributed by atoms with Gasteiger partial charge in [-0.25, -0.2) is 9.97 Å². The van der Waals surface area contributed by atoms with Gasteiger partial charge in [-0.05, 0) is 43.7 Å².